The van der Waals surface area contributed by atoms with Gasteiger partial charge in [0.05, 0.1) is 30.9 Å². The second-order valence-corrected chi connectivity index (χ2v) is 8.09. The highest BCUT2D eigenvalue weighted by Gasteiger charge is 2.51. The molecule has 6 heteroatoms. The minimum atomic E-state index is -0.592. The average Bonchev–Trinajstić information content (AvgIpc) is 2.64. The van der Waals surface area contributed by atoms with E-state index in [1.807, 2.05) is 0 Å². The lowest BCUT2D eigenvalue weighted by atomic mass is 9.53. The number of benzene rings is 1. The predicted molar refractivity (Wildman–Crippen MR) is 93.8 cm³/mol. The lowest BCUT2D eigenvalue weighted by Gasteiger charge is -2.56. The summed E-state index contributed by atoms with van der Waals surface area (Å²) < 4.78 is 9.52. The van der Waals surface area contributed by atoms with Gasteiger partial charge in [-0.25, -0.2) is 9.59 Å². The molecule has 26 heavy (non-hydrogen) atoms. The molecule has 0 atom stereocenters. The van der Waals surface area contributed by atoms with Crippen LogP contribution in [0.4, 0.5) is 0 Å². The summed E-state index contributed by atoms with van der Waals surface area (Å²) >= 11 is 0. The molecule has 4 aliphatic rings. The fourth-order valence-corrected chi connectivity index (χ4v) is 5.56. The topological polar surface area (TPSA) is 73.9 Å². The summed E-state index contributed by atoms with van der Waals surface area (Å²) in [6, 6.07) is 4.74. The molecule has 1 N–H and O–H groups in total. The highest BCUT2D eigenvalue weighted by molar-refractivity contribution is 6.03. The minimum absolute atomic E-state index is 0.0429. The molecule has 5 rings (SSSR count). The van der Waals surface area contributed by atoms with Crippen molar-refractivity contribution in [3.63, 3.8) is 0 Å². The van der Waals surface area contributed by atoms with Crippen molar-refractivity contribution in [3.05, 3.63) is 29.3 Å². The van der Waals surface area contributed by atoms with Crippen LogP contribution >= 0.6 is 0 Å². The number of hydrogen-bond acceptors (Lipinski definition) is 6. The van der Waals surface area contributed by atoms with Crippen LogP contribution in [-0.2, 0) is 9.47 Å². The van der Waals surface area contributed by atoms with Crippen molar-refractivity contribution in [1.29, 1.82) is 0 Å². The van der Waals surface area contributed by atoms with Crippen LogP contribution in [0.25, 0.3) is 0 Å². The zero-order chi connectivity index (χ0) is 18.3. The Hall–Kier alpha value is -2.08. The van der Waals surface area contributed by atoms with Crippen LogP contribution in [0.5, 0.6) is 5.75 Å². The van der Waals surface area contributed by atoms with Crippen LogP contribution in [0.15, 0.2) is 18.2 Å². The molecular formula is C20H25NO5. The maximum atomic E-state index is 12.0. The Morgan fingerprint density at radius 3 is 2.00 bits per heavy atom. The summed E-state index contributed by atoms with van der Waals surface area (Å²) in [5.41, 5.74) is 3.68. The number of esters is 2. The Balaban J connectivity index is 1.52. The highest BCUT2D eigenvalue weighted by Crippen LogP contribution is 2.55. The van der Waals surface area contributed by atoms with Gasteiger partial charge in [-0.05, 0) is 74.5 Å². The van der Waals surface area contributed by atoms with Crippen LogP contribution in [0, 0.1) is 17.8 Å². The molecule has 0 saturated heterocycles. The van der Waals surface area contributed by atoms with E-state index in [9.17, 15) is 9.59 Å². The van der Waals surface area contributed by atoms with E-state index in [0.29, 0.717) is 5.75 Å². The number of carbonyl (C=O) groups excluding carboxylic acids is 2. The van der Waals surface area contributed by atoms with E-state index in [0.717, 1.165) is 37.0 Å². The Kier molecular flexibility index (Phi) is 4.39. The summed E-state index contributed by atoms with van der Waals surface area (Å²) in [4.78, 5) is 29.8. The molecule has 1 aromatic rings. The monoisotopic (exact) mass is 359 g/mol. The SMILES string of the molecule is COC(=O)c1ccc(ONC23CC4CC(CC(C4)C2)C3)cc1C(=O)OC. The minimum Gasteiger partial charge on any atom is -0.465 e. The first-order chi connectivity index (χ1) is 12.5. The van der Waals surface area contributed by atoms with Crippen LogP contribution in [0.1, 0.15) is 59.2 Å². The van der Waals surface area contributed by atoms with Crippen LogP contribution in [-0.4, -0.2) is 31.7 Å². The van der Waals surface area contributed by atoms with Crippen LogP contribution in [0.3, 0.4) is 0 Å². The number of carbonyl (C=O) groups is 2. The third kappa shape index (κ3) is 3.07. The maximum absolute atomic E-state index is 12.0. The summed E-state index contributed by atoms with van der Waals surface area (Å²) in [5.74, 6) is 1.75. The number of ether oxygens (including phenoxy) is 2. The molecule has 0 radical (unpaired) electrons. The van der Waals surface area contributed by atoms with Gasteiger partial charge in [0.15, 0.2) is 0 Å². The van der Waals surface area contributed by atoms with Gasteiger partial charge in [0, 0.05) is 0 Å². The van der Waals surface area contributed by atoms with Crippen molar-refractivity contribution in [2.75, 3.05) is 14.2 Å². The van der Waals surface area contributed by atoms with Crippen molar-refractivity contribution >= 4 is 11.9 Å². The van der Waals surface area contributed by atoms with E-state index < -0.39 is 11.9 Å². The van der Waals surface area contributed by atoms with E-state index in [4.69, 9.17) is 14.3 Å². The van der Waals surface area contributed by atoms with Crippen LogP contribution < -0.4 is 10.3 Å². The molecule has 1 aromatic carbocycles. The zero-order valence-corrected chi connectivity index (χ0v) is 15.2. The van der Waals surface area contributed by atoms with E-state index >= 15 is 0 Å². The van der Waals surface area contributed by atoms with Gasteiger partial charge >= 0.3 is 11.9 Å². The number of hydrogen-bond donors (Lipinski definition) is 1. The Labute approximate surface area is 153 Å². The van der Waals surface area contributed by atoms with E-state index in [2.05, 4.69) is 5.48 Å². The van der Waals surface area contributed by atoms with Crippen molar-refractivity contribution in [1.82, 2.24) is 5.48 Å². The summed E-state index contributed by atoms with van der Waals surface area (Å²) in [5, 5.41) is 0. The molecule has 4 saturated carbocycles. The molecular weight excluding hydrogens is 334 g/mol. The van der Waals surface area contributed by atoms with Crippen molar-refractivity contribution in [2.24, 2.45) is 17.8 Å². The predicted octanol–water partition coefficient (Wildman–Crippen LogP) is 3.11. The number of rotatable bonds is 5. The van der Waals surface area contributed by atoms with Gasteiger partial charge in [-0.15, -0.1) is 0 Å². The van der Waals surface area contributed by atoms with Gasteiger partial charge in [0.2, 0.25) is 0 Å². The maximum Gasteiger partial charge on any atom is 0.338 e. The molecule has 0 amide bonds. The number of methoxy groups -OCH3 is 2. The Morgan fingerprint density at radius 2 is 1.46 bits per heavy atom. The smallest absolute Gasteiger partial charge is 0.338 e. The molecule has 4 fully saturated rings. The Bertz CT molecular complexity index is 694. The first-order valence-corrected chi connectivity index (χ1v) is 9.26. The number of nitrogens with one attached hydrogen (secondary N) is 1. The summed E-state index contributed by atoms with van der Waals surface area (Å²) in [6.45, 7) is 0. The molecule has 4 aliphatic carbocycles. The fourth-order valence-electron chi connectivity index (χ4n) is 5.56. The molecule has 0 heterocycles. The lowest BCUT2D eigenvalue weighted by Crippen LogP contribution is -2.59. The third-order valence-corrected chi connectivity index (χ3v) is 6.23. The van der Waals surface area contributed by atoms with Gasteiger partial charge in [-0.2, -0.15) is 5.48 Å². The summed E-state index contributed by atoms with van der Waals surface area (Å²) in [7, 11) is 2.56. The Morgan fingerprint density at radius 1 is 0.923 bits per heavy atom. The molecule has 140 valence electrons. The van der Waals surface area contributed by atoms with Crippen molar-refractivity contribution in [2.45, 2.75) is 44.1 Å². The number of hydroxylamine groups is 1. The second-order valence-electron chi connectivity index (χ2n) is 8.09. The van der Waals surface area contributed by atoms with E-state index in [1.54, 1.807) is 6.07 Å². The van der Waals surface area contributed by atoms with E-state index in [-0.39, 0.29) is 16.7 Å². The van der Waals surface area contributed by atoms with E-state index in [1.165, 1.54) is 45.6 Å². The van der Waals surface area contributed by atoms with Gasteiger partial charge in [-0.1, -0.05) is 0 Å². The second kappa shape index (κ2) is 6.58. The van der Waals surface area contributed by atoms with Gasteiger partial charge in [-0.3, -0.25) is 0 Å². The summed E-state index contributed by atoms with van der Waals surface area (Å²) in [6.07, 6.45) is 7.55. The van der Waals surface area contributed by atoms with Crippen molar-refractivity contribution < 1.29 is 23.9 Å². The first kappa shape index (κ1) is 17.3. The van der Waals surface area contributed by atoms with Crippen LogP contribution in [0.2, 0.25) is 0 Å². The zero-order valence-electron chi connectivity index (χ0n) is 15.2. The quantitative estimate of drug-likeness (QED) is 0.643. The van der Waals surface area contributed by atoms with Gasteiger partial charge in [0.1, 0.15) is 5.75 Å². The lowest BCUT2D eigenvalue weighted by molar-refractivity contribution is -0.0688. The highest BCUT2D eigenvalue weighted by atomic mass is 16.6. The molecule has 6 nitrogen and oxygen atoms in total. The van der Waals surface area contributed by atoms with Gasteiger partial charge in [0.25, 0.3) is 0 Å². The van der Waals surface area contributed by atoms with Gasteiger partial charge < -0.3 is 14.3 Å². The standard InChI is InChI=1S/C20H25NO5/c1-24-18(22)16-4-3-15(8-17(16)19(23)25-2)26-21-20-9-12-5-13(10-20)7-14(6-12)11-20/h3-4,8,12-14,21H,5-7,9-11H2,1-2H3. The molecule has 0 spiro atoms. The normalized spacial score (nSPS) is 31.5. The third-order valence-electron chi connectivity index (χ3n) is 6.23. The first-order valence-electron chi connectivity index (χ1n) is 9.26. The largest absolute Gasteiger partial charge is 0.465 e. The average molecular weight is 359 g/mol. The molecule has 0 aliphatic heterocycles. The van der Waals surface area contributed by atoms with Crippen molar-refractivity contribution in [3.8, 4) is 5.75 Å². The molecule has 0 aromatic heterocycles. The molecule has 0 unspecified atom stereocenters. The fraction of sp³-hybridized carbons (Fsp3) is 0.600. The molecule has 4 bridgehead atoms.